The molecule has 2 aromatic carbocycles. The molecule has 0 bridgehead atoms. The summed E-state index contributed by atoms with van der Waals surface area (Å²) in [5.74, 6) is 0.778. The molecule has 0 spiro atoms. The first-order valence-electron chi connectivity index (χ1n) is 7.48. The van der Waals surface area contributed by atoms with Crippen molar-refractivity contribution in [2.75, 3.05) is 11.9 Å². The van der Waals surface area contributed by atoms with Crippen LogP contribution in [0.15, 0.2) is 59.3 Å². The van der Waals surface area contributed by atoms with Crippen LogP contribution < -0.4 is 5.32 Å². The van der Waals surface area contributed by atoms with Crippen molar-refractivity contribution in [3.05, 3.63) is 64.9 Å². The zero-order valence-corrected chi connectivity index (χ0v) is 14.4. The molecule has 118 valence electrons. The fourth-order valence-electron chi connectivity index (χ4n) is 2.54. The molecule has 1 heterocycles. The molecule has 0 aliphatic carbocycles. The Bertz CT molecular complexity index is 806. The molecule has 1 aromatic heterocycles. The van der Waals surface area contributed by atoms with Crippen molar-refractivity contribution in [1.82, 2.24) is 9.97 Å². The van der Waals surface area contributed by atoms with Gasteiger partial charge in [-0.05, 0) is 37.1 Å². The van der Waals surface area contributed by atoms with Crippen molar-refractivity contribution in [3.8, 4) is 0 Å². The maximum atomic E-state index is 10.6. The van der Waals surface area contributed by atoms with E-state index in [0.29, 0.717) is 13.0 Å². The van der Waals surface area contributed by atoms with Crippen LogP contribution in [0.4, 0.5) is 5.82 Å². The first kappa shape index (κ1) is 15.9. The van der Waals surface area contributed by atoms with E-state index in [-0.39, 0.29) is 0 Å². The Labute approximate surface area is 143 Å². The lowest BCUT2D eigenvalue weighted by Crippen LogP contribution is -2.24. The first-order chi connectivity index (χ1) is 11.1. The van der Waals surface area contributed by atoms with Crippen LogP contribution in [0.3, 0.4) is 0 Å². The fraction of sp³-hybridized carbons (Fsp3) is 0.222. The van der Waals surface area contributed by atoms with E-state index in [1.165, 1.54) is 0 Å². The molecular formula is C18H18BrN3O. The normalized spacial score (nSPS) is 13.7. The molecule has 1 atom stereocenters. The molecule has 0 saturated heterocycles. The maximum Gasteiger partial charge on any atom is 0.137 e. The molecule has 0 saturated carbocycles. The van der Waals surface area contributed by atoms with Crippen molar-refractivity contribution in [2.45, 2.75) is 18.9 Å². The third-order valence-corrected chi connectivity index (χ3v) is 4.39. The molecule has 1 unspecified atom stereocenters. The van der Waals surface area contributed by atoms with Crippen LogP contribution in [0.5, 0.6) is 0 Å². The van der Waals surface area contributed by atoms with Gasteiger partial charge in [-0.1, -0.05) is 46.3 Å². The molecule has 0 amide bonds. The third-order valence-electron chi connectivity index (χ3n) is 3.90. The van der Waals surface area contributed by atoms with Gasteiger partial charge in [0.1, 0.15) is 12.1 Å². The molecule has 0 aliphatic heterocycles. The highest BCUT2D eigenvalue weighted by Crippen LogP contribution is 2.26. The Kier molecular flexibility index (Phi) is 4.59. The van der Waals surface area contributed by atoms with Gasteiger partial charge in [0.15, 0.2) is 0 Å². The number of nitrogens with one attached hydrogen (secondary N) is 1. The Morgan fingerprint density at radius 2 is 1.91 bits per heavy atom. The summed E-state index contributed by atoms with van der Waals surface area (Å²) in [6.07, 6.45) is 2.13. The van der Waals surface area contributed by atoms with Gasteiger partial charge in [0.25, 0.3) is 0 Å². The molecule has 3 aromatic rings. The van der Waals surface area contributed by atoms with Gasteiger partial charge in [-0.25, -0.2) is 9.97 Å². The van der Waals surface area contributed by atoms with Crippen LogP contribution in [0.1, 0.15) is 18.9 Å². The standard InChI is InChI=1S/C18H18BrN3O/c1-18(23,13-5-3-2-4-6-13)9-10-20-17-15-11-14(19)7-8-16(15)21-12-22-17/h2-8,11-12,23H,9-10H2,1H3,(H,20,21,22). The first-order valence-corrected chi connectivity index (χ1v) is 8.28. The Morgan fingerprint density at radius 1 is 1.13 bits per heavy atom. The van der Waals surface area contributed by atoms with Gasteiger partial charge in [-0.15, -0.1) is 0 Å². The smallest absolute Gasteiger partial charge is 0.137 e. The highest BCUT2D eigenvalue weighted by molar-refractivity contribution is 9.10. The van der Waals surface area contributed by atoms with Crippen molar-refractivity contribution < 1.29 is 5.11 Å². The number of hydrogen-bond acceptors (Lipinski definition) is 4. The fourth-order valence-corrected chi connectivity index (χ4v) is 2.90. The summed E-state index contributed by atoms with van der Waals surface area (Å²) in [5, 5.41) is 14.9. The van der Waals surface area contributed by atoms with Crippen LogP contribution in [-0.2, 0) is 5.60 Å². The summed E-state index contributed by atoms with van der Waals surface area (Å²) < 4.78 is 0.985. The second kappa shape index (κ2) is 6.64. The largest absolute Gasteiger partial charge is 0.385 e. The zero-order valence-electron chi connectivity index (χ0n) is 12.8. The summed E-state index contributed by atoms with van der Waals surface area (Å²) >= 11 is 3.47. The lowest BCUT2D eigenvalue weighted by molar-refractivity contribution is 0.0515. The molecule has 4 nitrogen and oxygen atoms in total. The number of aromatic nitrogens is 2. The Hall–Kier alpha value is -1.98. The minimum atomic E-state index is -0.877. The third kappa shape index (κ3) is 3.68. The van der Waals surface area contributed by atoms with E-state index in [2.05, 4.69) is 31.2 Å². The van der Waals surface area contributed by atoms with Crippen molar-refractivity contribution in [2.24, 2.45) is 0 Å². The number of nitrogens with zero attached hydrogens (tertiary/aromatic N) is 2. The number of aliphatic hydroxyl groups is 1. The molecule has 5 heteroatoms. The average Bonchev–Trinajstić information content (AvgIpc) is 2.56. The second-order valence-electron chi connectivity index (χ2n) is 5.70. The molecule has 0 aliphatic rings. The van der Waals surface area contributed by atoms with Gasteiger partial charge < -0.3 is 10.4 Å². The monoisotopic (exact) mass is 371 g/mol. The van der Waals surface area contributed by atoms with E-state index in [1.807, 2.05) is 55.5 Å². The Morgan fingerprint density at radius 3 is 2.70 bits per heavy atom. The number of hydrogen-bond donors (Lipinski definition) is 2. The summed E-state index contributed by atoms with van der Waals surface area (Å²) in [6, 6.07) is 15.6. The number of benzene rings is 2. The van der Waals surface area contributed by atoms with Gasteiger partial charge in [-0.3, -0.25) is 0 Å². The minimum absolute atomic E-state index is 0.580. The van der Waals surface area contributed by atoms with Gasteiger partial charge in [0.05, 0.1) is 11.1 Å². The van der Waals surface area contributed by atoms with E-state index < -0.39 is 5.60 Å². The van der Waals surface area contributed by atoms with Crippen LogP contribution >= 0.6 is 15.9 Å². The zero-order chi connectivity index (χ0) is 16.3. The van der Waals surface area contributed by atoms with Crippen LogP contribution in [0.2, 0.25) is 0 Å². The number of fused-ring (bicyclic) bond motifs is 1. The van der Waals surface area contributed by atoms with E-state index in [0.717, 1.165) is 26.8 Å². The quantitative estimate of drug-likeness (QED) is 0.708. The summed E-state index contributed by atoms with van der Waals surface area (Å²) in [4.78, 5) is 8.58. The van der Waals surface area contributed by atoms with Gasteiger partial charge in [-0.2, -0.15) is 0 Å². The summed E-state index contributed by atoms with van der Waals surface area (Å²) in [6.45, 7) is 2.44. The maximum absolute atomic E-state index is 10.6. The van der Waals surface area contributed by atoms with Gasteiger partial charge >= 0.3 is 0 Å². The van der Waals surface area contributed by atoms with Crippen LogP contribution in [0.25, 0.3) is 10.9 Å². The van der Waals surface area contributed by atoms with Crippen LogP contribution in [-0.4, -0.2) is 21.6 Å². The molecule has 3 rings (SSSR count). The van der Waals surface area contributed by atoms with E-state index in [1.54, 1.807) is 6.33 Å². The van der Waals surface area contributed by atoms with E-state index in [4.69, 9.17) is 0 Å². The predicted octanol–water partition coefficient (Wildman–Crippen LogP) is 4.10. The van der Waals surface area contributed by atoms with E-state index >= 15 is 0 Å². The highest BCUT2D eigenvalue weighted by Gasteiger charge is 2.22. The molecule has 0 radical (unpaired) electrons. The average molecular weight is 372 g/mol. The minimum Gasteiger partial charge on any atom is -0.385 e. The lowest BCUT2D eigenvalue weighted by Gasteiger charge is -2.24. The van der Waals surface area contributed by atoms with Crippen molar-refractivity contribution >= 4 is 32.7 Å². The second-order valence-corrected chi connectivity index (χ2v) is 6.62. The predicted molar refractivity (Wildman–Crippen MR) is 96.4 cm³/mol. The molecule has 23 heavy (non-hydrogen) atoms. The number of anilines is 1. The lowest BCUT2D eigenvalue weighted by atomic mass is 9.93. The SMILES string of the molecule is CC(O)(CCNc1ncnc2ccc(Br)cc12)c1ccccc1. The van der Waals surface area contributed by atoms with Crippen molar-refractivity contribution in [3.63, 3.8) is 0 Å². The highest BCUT2D eigenvalue weighted by atomic mass is 79.9. The molecule has 0 fully saturated rings. The molecule has 2 N–H and O–H groups in total. The van der Waals surface area contributed by atoms with E-state index in [9.17, 15) is 5.11 Å². The topological polar surface area (TPSA) is 58.0 Å². The van der Waals surface area contributed by atoms with Crippen LogP contribution in [0, 0.1) is 0 Å². The van der Waals surface area contributed by atoms with Gasteiger partial charge in [0.2, 0.25) is 0 Å². The Balaban J connectivity index is 1.73. The summed E-state index contributed by atoms with van der Waals surface area (Å²) in [7, 11) is 0. The number of halogens is 1. The van der Waals surface area contributed by atoms with Gasteiger partial charge in [0, 0.05) is 16.4 Å². The summed E-state index contributed by atoms with van der Waals surface area (Å²) in [5.41, 5.74) is 0.926. The van der Waals surface area contributed by atoms with Crippen molar-refractivity contribution in [1.29, 1.82) is 0 Å². The number of rotatable bonds is 5. The molecular weight excluding hydrogens is 354 g/mol.